The number of imidazole rings is 1. The zero-order valence-corrected chi connectivity index (χ0v) is 25.8. The average molecular weight is 641 g/mol. The second kappa shape index (κ2) is 14.4. The molecule has 4 aromatic carbocycles. The van der Waals surface area contributed by atoms with E-state index in [1.54, 1.807) is 18.2 Å². The summed E-state index contributed by atoms with van der Waals surface area (Å²) in [5.74, 6) is -1.66. The van der Waals surface area contributed by atoms with Crippen molar-refractivity contribution in [3.05, 3.63) is 131 Å². The molecule has 5 aromatic rings. The third-order valence-electron chi connectivity index (χ3n) is 7.96. The van der Waals surface area contributed by atoms with E-state index in [9.17, 15) is 24.6 Å². The van der Waals surface area contributed by atoms with Crippen LogP contribution < -0.4 is 5.32 Å². The van der Waals surface area contributed by atoms with Crippen LogP contribution in [0.25, 0.3) is 40.0 Å². The fourth-order valence-corrected chi connectivity index (χ4v) is 5.34. The molecule has 1 atom stereocenters. The van der Waals surface area contributed by atoms with Gasteiger partial charge in [-0.25, -0.2) is 14.6 Å². The number of aliphatic carboxylic acids is 1. The molecule has 4 N–H and O–H groups in total. The van der Waals surface area contributed by atoms with Crippen LogP contribution in [-0.2, 0) is 20.8 Å². The van der Waals surface area contributed by atoms with E-state index >= 15 is 0 Å². The smallest absolute Gasteiger partial charge is 0.348 e. The van der Waals surface area contributed by atoms with E-state index in [0.717, 1.165) is 46.4 Å². The summed E-state index contributed by atoms with van der Waals surface area (Å²) in [6.45, 7) is 0.590. The Labute approximate surface area is 276 Å². The maximum atomic E-state index is 12.4. The third kappa shape index (κ3) is 7.56. The van der Waals surface area contributed by atoms with Gasteiger partial charge in [-0.1, -0.05) is 96.2 Å². The molecule has 0 radical (unpaired) electrons. The van der Waals surface area contributed by atoms with Crippen molar-refractivity contribution >= 4 is 29.6 Å². The SMILES string of the molecule is O=C(/C=C/c1ccc(-c2[nH]c(-c3ccc(C(=O)O)cc3)nc2-c2ccc(C3=NOC(C(=O)O)C3)cc2)cc1)NCCCc1ccccc1. The lowest BCUT2D eigenvalue weighted by atomic mass is 10.00. The van der Waals surface area contributed by atoms with E-state index in [4.69, 9.17) is 9.82 Å². The molecule has 0 spiro atoms. The number of oxime groups is 1. The maximum Gasteiger partial charge on any atom is 0.348 e. The van der Waals surface area contributed by atoms with Gasteiger partial charge in [-0.15, -0.1) is 0 Å². The van der Waals surface area contributed by atoms with Gasteiger partial charge in [0.15, 0.2) is 0 Å². The van der Waals surface area contributed by atoms with E-state index in [1.165, 1.54) is 23.8 Å². The second-order valence-electron chi connectivity index (χ2n) is 11.3. The maximum absolute atomic E-state index is 12.4. The summed E-state index contributed by atoms with van der Waals surface area (Å²) in [4.78, 5) is 48.4. The number of aromatic nitrogens is 2. The summed E-state index contributed by atoms with van der Waals surface area (Å²) < 4.78 is 0. The van der Waals surface area contributed by atoms with Gasteiger partial charge in [0.25, 0.3) is 0 Å². The minimum absolute atomic E-state index is 0.154. The Balaban J connectivity index is 1.20. The molecule has 10 heteroatoms. The quantitative estimate of drug-likeness (QED) is 0.0903. The topological polar surface area (TPSA) is 154 Å². The summed E-state index contributed by atoms with van der Waals surface area (Å²) in [6, 6.07) is 31.8. The highest BCUT2D eigenvalue weighted by Gasteiger charge is 2.28. The fraction of sp³-hybridized carbons (Fsp3) is 0.132. The molecule has 2 heterocycles. The molecule has 6 rings (SSSR count). The van der Waals surface area contributed by atoms with Crippen LogP contribution in [0.1, 0.15) is 39.9 Å². The lowest BCUT2D eigenvalue weighted by Gasteiger charge is -2.06. The molecule has 0 bridgehead atoms. The Morgan fingerprint density at radius 1 is 0.833 bits per heavy atom. The number of aromatic amines is 1. The van der Waals surface area contributed by atoms with Crippen LogP contribution >= 0.6 is 0 Å². The van der Waals surface area contributed by atoms with Crippen molar-refractivity contribution in [1.82, 2.24) is 15.3 Å². The van der Waals surface area contributed by atoms with Crippen LogP contribution in [0.2, 0.25) is 0 Å². The van der Waals surface area contributed by atoms with Gasteiger partial charge in [-0.3, -0.25) is 4.79 Å². The Kier molecular flexibility index (Phi) is 9.52. The number of carboxylic acids is 2. The van der Waals surface area contributed by atoms with Crippen molar-refractivity contribution in [2.75, 3.05) is 6.54 Å². The Morgan fingerprint density at radius 2 is 1.50 bits per heavy atom. The number of nitrogens with one attached hydrogen (secondary N) is 2. The molecule has 1 aliphatic heterocycles. The number of carboxylic acid groups (broad SMARTS) is 2. The largest absolute Gasteiger partial charge is 0.478 e. The Hall–Kier alpha value is -6.29. The number of hydrogen-bond donors (Lipinski definition) is 4. The lowest BCUT2D eigenvalue weighted by molar-refractivity contribution is -0.148. The highest BCUT2D eigenvalue weighted by molar-refractivity contribution is 6.03. The number of nitrogens with zero attached hydrogens (tertiary/aromatic N) is 2. The van der Waals surface area contributed by atoms with E-state index in [1.807, 2.05) is 66.7 Å². The molecule has 240 valence electrons. The zero-order chi connectivity index (χ0) is 33.5. The number of rotatable bonds is 12. The summed E-state index contributed by atoms with van der Waals surface area (Å²) in [5.41, 5.74) is 7.38. The number of benzene rings is 4. The number of aryl methyl sites for hydroxylation is 1. The van der Waals surface area contributed by atoms with E-state index in [0.29, 0.717) is 23.8 Å². The number of hydrogen-bond acceptors (Lipinski definition) is 6. The van der Waals surface area contributed by atoms with Gasteiger partial charge < -0.3 is 25.4 Å². The first-order chi connectivity index (χ1) is 23.3. The predicted octanol–water partition coefficient (Wildman–Crippen LogP) is 6.45. The number of carbonyl (C=O) groups excluding carboxylic acids is 1. The monoisotopic (exact) mass is 640 g/mol. The standard InChI is InChI=1S/C38H32N4O6/c43-33(39-22-4-7-24-5-2-1-3-6-24)21-10-25-8-11-27(12-9-25)34-35(41-36(40-34)29-17-19-30(20-18-29)37(44)45)28-15-13-26(14-16-28)31-23-32(38(46)47)48-42-31/h1-3,5-6,8-21,32H,4,7,22-23H2,(H,39,43)(H,40,41)(H,44,45)(H,46,47)/b21-10+. The van der Waals surface area contributed by atoms with Crippen molar-refractivity contribution in [2.24, 2.45) is 5.16 Å². The zero-order valence-electron chi connectivity index (χ0n) is 25.8. The Morgan fingerprint density at radius 3 is 2.17 bits per heavy atom. The molecular weight excluding hydrogens is 608 g/mol. The van der Waals surface area contributed by atoms with Crippen molar-refractivity contribution in [3.8, 4) is 33.9 Å². The highest BCUT2D eigenvalue weighted by atomic mass is 16.7. The van der Waals surface area contributed by atoms with Crippen LogP contribution in [0.4, 0.5) is 0 Å². The first kappa shape index (κ1) is 31.7. The molecular formula is C38H32N4O6. The van der Waals surface area contributed by atoms with Crippen molar-refractivity contribution in [2.45, 2.75) is 25.4 Å². The molecule has 1 unspecified atom stereocenters. The Bertz CT molecular complexity index is 1980. The number of amides is 1. The predicted molar refractivity (Wildman–Crippen MR) is 182 cm³/mol. The van der Waals surface area contributed by atoms with E-state index in [2.05, 4.69) is 27.6 Å². The van der Waals surface area contributed by atoms with Gasteiger partial charge in [0, 0.05) is 35.7 Å². The lowest BCUT2D eigenvalue weighted by Crippen LogP contribution is -2.22. The fourth-order valence-electron chi connectivity index (χ4n) is 5.34. The first-order valence-electron chi connectivity index (χ1n) is 15.4. The molecule has 1 amide bonds. The average Bonchev–Trinajstić information content (AvgIpc) is 3.79. The van der Waals surface area contributed by atoms with Crippen molar-refractivity contribution in [3.63, 3.8) is 0 Å². The molecule has 48 heavy (non-hydrogen) atoms. The molecule has 0 aliphatic carbocycles. The third-order valence-corrected chi connectivity index (χ3v) is 7.96. The summed E-state index contributed by atoms with van der Waals surface area (Å²) in [5, 5.41) is 25.4. The normalized spacial score (nSPS) is 14.0. The minimum Gasteiger partial charge on any atom is -0.478 e. The van der Waals surface area contributed by atoms with Crippen molar-refractivity contribution in [1.29, 1.82) is 0 Å². The van der Waals surface area contributed by atoms with Gasteiger partial charge in [-0.2, -0.15) is 0 Å². The van der Waals surface area contributed by atoms with E-state index < -0.39 is 18.0 Å². The number of carbonyl (C=O) groups is 3. The molecule has 0 saturated carbocycles. The molecule has 0 fully saturated rings. The number of aromatic carboxylic acids is 1. The highest BCUT2D eigenvalue weighted by Crippen LogP contribution is 2.34. The van der Waals surface area contributed by atoms with Crippen LogP contribution in [0.15, 0.2) is 114 Å². The van der Waals surface area contributed by atoms with Crippen molar-refractivity contribution < 1.29 is 29.4 Å². The minimum atomic E-state index is -1.06. The van der Waals surface area contributed by atoms with Crippen LogP contribution in [0.3, 0.4) is 0 Å². The first-order valence-corrected chi connectivity index (χ1v) is 15.4. The van der Waals surface area contributed by atoms with Crippen LogP contribution in [0, 0.1) is 0 Å². The summed E-state index contributed by atoms with van der Waals surface area (Å²) >= 11 is 0. The summed E-state index contributed by atoms with van der Waals surface area (Å²) in [7, 11) is 0. The van der Waals surface area contributed by atoms with E-state index in [-0.39, 0.29) is 17.9 Å². The van der Waals surface area contributed by atoms with Gasteiger partial charge in [-0.05, 0) is 47.7 Å². The molecule has 10 nitrogen and oxygen atoms in total. The van der Waals surface area contributed by atoms with Gasteiger partial charge in [0.2, 0.25) is 12.0 Å². The molecule has 1 aliphatic rings. The van der Waals surface area contributed by atoms with Gasteiger partial charge in [0.1, 0.15) is 5.82 Å². The second-order valence-corrected chi connectivity index (χ2v) is 11.3. The van der Waals surface area contributed by atoms with Crippen LogP contribution in [0.5, 0.6) is 0 Å². The van der Waals surface area contributed by atoms with Gasteiger partial charge >= 0.3 is 11.9 Å². The summed E-state index contributed by atoms with van der Waals surface area (Å²) in [6.07, 6.45) is 4.23. The van der Waals surface area contributed by atoms with Crippen LogP contribution in [-0.4, -0.2) is 56.4 Å². The molecule has 1 aromatic heterocycles. The number of H-pyrrole nitrogens is 1. The van der Waals surface area contributed by atoms with Gasteiger partial charge in [0.05, 0.1) is 22.7 Å². The molecule has 0 saturated heterocycles.